The van der Waals surface area contributed by atoms with E-state index in [1.54, 1.807) is 6.92 Å². The Morgan fingerprint density at radius 3 is 2.42 bits per heavy atom. The van der Waals surface area contributed by atoms with Crippen molar-refractivity contribution in [3.8, 4) is 5.75 Å². The molecule has 0 radical (unpaired) electrons. The van der Waals surface area contributed by atoms with Gasteiger partial charge in [-0.3, -0.25) is 4.79 Å². The number of carbonyl (C=O) groups is 2. The Hall–Kier alpha value is -3.23. The fourth-order valence-corrected chi connectivity index (χ4v) is 3.75. The maximum absolute atomic E-state index is 13.4. The van der Waals surface area contributed by atoms with Crippen LogP contribution in [0.4, 0.5) is 23.7 Å². The Balaban J connectivity index is 1.50. The average molecular weight is 464 g/mol. The van der Waals surface area contributed by atoms with Gasteiger partial charge in [-0.25, -0.2) is 4.79 Å². The van der Waals surface area contributed by atoms with Crippen LogP contribution in [0, 0.1) is 0 Å². The van der Waals surface area contributed by atoms with E-state index in [4.69, 9.17) is 4.74 Å². The first-order valence-electron chi connectivity index (χ1n) is 11.0. The van der Waals surface area contributed by atoms with Crippen LogP contribution in [0.2, 0.25) is 0 Å². The molecule has 0 aliphatic carbocycles. The van der Waals surface area contributed by atoms with Crippen LogP contribution < -0.4 is 15.4 Å². The van der Waals surface area contributed by atoms with Gasteiger partial charge in [-0.05, 0) is 49.9 Å². The predicted octanol–water partition coefficient (Wildman–Crippen LogP) is 4.85. The van der Waals surface area contributed by atoms with Gasteiger partial charge in [0.2, 0.25) is 5.91 Å². The number of nitrogens with one attached hydrogen (secondary N) is 2. The Bertz CT molecular complexity index is 943. The third-order valence-corrected chi connectivity index (χ3v) is 5.48. The zero-order valence-electron chi connectivity index (χ0n) is 18.5. The van der Waals surface area contributed by atoms with Crippen LogP contribution in [0.5, 0.6) is 5.75 Å². The van der Waals surface area contributed by atoms with E-state index in [-0.39, 0.29) is 30.0 Å². The molecule has 0 unspecified atom stereocenters. The number of ether oxygens (including phenoxy) is 1. The van der Waals surface area contributed by atoms with Crippen LogP contribution in [0.15, 0.2) is 48.5 Å². The van der Waals surface area contributed by atoms with Crippen molar-refractivity contribution in [2.75, 3.05) is 25.0 Å². The summed E-state index contributed by atoms with van der Waals surface area (Å²) >= 11 is 0. The summed E-state index contributed by atoms with van der Waals surface area (Å²) in [7, 11) is 0. The van der Waals surface area contributed by atoms with E-state index in [1.165, 1.54) is 17.0 Å². The second kappa shape index (κ2) is 11.1. The molecule has 0 bridgehead atoms. The van der Waals surface area contributed by atoms with Crippen LogP contribution in [0.3, 0.4) is 0 Å². The highest BCUT2D eigenvalue weighted by Gasteiger charge is 2.35. The lowest BCUT2D eigenvalue weighted by Gasteiger charge is -2.32. The highest BCUT2D eigenvalue weighted by molar-refractivity contribution is 5.90. The standard InChI is InChI=1S/C24H28F3N3O3/c1-2-33-19-9-10-21(20(16-19)24(25,26)27)29-23(32)30-14-12-18(13-15-30)28-22(31)11-8-17-6-4-3-5-7-17/h3-7,9-10,16,18H,2,8,11-15H2,1H3,(H,28,31)(H,29,32). The molecule has 3 amide bonds. The van der Waals surface area contributed by atoms with Gasteiger partial charge in [0.05, 0.1) is 17.9 Å². The topological polar surface area (TPSA) is 70.7 Å². The molecule has 1 fully saturated rings. The molecular weight excluding hydrogens is 435 g/mol. The van der Waals surface area contributed by atoms with Crippen molar-refractivity contribution in [2.24, 2.45) is 0 Å². The second-order valence-electron chi connectivity index (χ2n) is 7.88. The van der Waals surface area contributed by atoms with Crippen LogP contribution in [-0.2, 0) is 17.4 Å². The third kappa shape index (κ3) is 7.13. The van der Waals surface area contributed by atoms with E-state index in [0.29, 0.717) is 38.8 Å². The van der Waals surface area contributed by atoms with Gasteiger partial charge in [-0.1, -0.05) is 30.3 Å². The molecule has 33 heavy (non-hydrogen) atoms. The minimum Gasteiger partial charge on any atom is -0.494 e. The van der Waals surface area contributed by atoms with Gasteiger partial charge in [0, 0.05) is 25.6 Å². The monoisotopic (exact) mass is 463 g/mol. The number of urea groups is 1. The van der Waals surface area contributed by atoms with Crippen molar-refractivity contribution in [1.29, 1.82) is 0 Å². The molecule has 178 valence electrons. The molecule has 3 rings (SSSR count). The van der Waals surface area contributed by atoms with Crippen molar-refractivity contribution in [3.63, 3.8) is 0 Å². The molecular formula is C24H28F3N3O3. The SMILES string of the molecule is CCOc1ccc(NC(=O)N2CCC(NC(=O)CCc3ccccc3)CC2)c(C(F)(F)F)c1. The van der Waals surface area contributed by atoms with Gasteiger partial charge < -0.3 is 20.3 Å². The van der Waals surface area contributed by atoms with Gasteiger partial charge in [-0.2, -0.15) is 13.2 Å². The lowest BCUT2D eigenvalue weighted by Crippen LogP contribution is -2.47. The fraction of sp³-hybridized carbons (Fsp3) is 0.417. The zero-order valence-corrected chi connectivity index (χ0v) is 18.5. The highest BCUT2D eigenvalue weighted by atomic mass is 19.4. The average Bonchev–Trinajstić information content (AvgIpc) is 2.79. The van der Waals surface area contributed by atoms with Crippen LogP contribution in [0.25, 0.3) is 0 Å². The van der Waals surface area contributed by atoms with Gasteiger partial charge in [0.1, 0.15) is 5.75 Å². The molecule has 6 nitrogen and oxygen atoms in total. The largest absolute Gasteiger partial charge is 0.494 e. The smallest absolute Gasteiger partial charge is 0.418 e. The Kier molecular flexibility index (Phi) is 8.19. The van der Waals surface area contributed by atoms with E-state index in [2.05, 4.69) is 10.6 Å². The maximum Gasteiger partial charge on any atom is 0.418 e. The molecule has 0 atom stereocenters. The highest BCUT2D eigenvalue weighted by Crippen LogP contribution is 2.37. The lowest BCUT2D eigenvalue weighted by atomic mass is 10.0. The Morgan fingerprint density at radius 1 is 1.09 bits per heavy atom. The van der Waals surface area contributed by atoms with E-state index >= 15 is 0 Å². The summed E-state index contributed by atoms with van der Waals surface area (Å²) in [5.74, 6) is 0.0394. The molecule has 1 aliphatic rings. The van der Waals surface area contributed by atoms with Crippen molar-refractivity contribution in [2.45, 2.75) is 44.8 Å². The molecule has 1 aliphatic heterocycles. The van der Waals surface area contributed by atoms with E-state index < -0.39 is 17.8 Å². The predicted molar refractivity (Wildman–Crippen MR) is 119 cm³/mol. The van der Waals surface area contributed by atoms with Crippen molar-refractivity contribution in [3.05, 3.63) is 59.7 Å². The van der Waals surface area contributed by atoms with Crippen molar-refractivity contribution in [1.82, 2.24) is 10.2 Å². The van der Waals surface area contributed by atoms with E-state index in [9.17, 15) is 22.8 Å². The van der Waals surface area contributed by atoms with Gasteiger partial charge >= 0.3 is 12.2 Å². The first kappa shape index (κ1) is 24.4. The third-order valence-electron chi connectivity index (χ3n) is 5.48. The molecule has 0 saturated carbocycles. The number of likely N-dealkylation sites (tertiary alicyclic amines) is 1. The number of piperidine rings is 1. The van der Waals surface area contributed by atoms with Gasteiger partial charge in [0.25, 0.3) is 0 Å². The number of amides is 3. The fourth-order valence-electron chi connectivity index (χ4n) is 3.75. The number of rotatable bonds is 7. The number of alkyl halides is 3. The summed E-state index contributed by atoms with van der Waals surface area (Å²) in [5, 5.41) is 5.36. The van der Waals surface area contributed by atoms with Crippen LogP contribution >= 0.6 is 0 Å². The number of anilines is 1. The second-order valence-corrected chi connectivity index (χ2v) is 7.88. The minimum atomic E-state index is -4.63. The summed E-state index contributed by atoms with van der Waals surface area (Å²) in [6.45, 7) is 2.60. The summed E-state index contributed by atoms with van der Waals surface area (Å²) in [5.41, 5.74) is -0.179. The van der Waals surface area contributed by atoms with Gasteiger partial charge in [-0.15, -0.1) is 0 Å². The molecule has 2 N–H and O–H groups in total. The molecule has 2 aromatic rings. The molecule has 0 aromatic heterocycles. The number of aryl methyl sites for hydroxylation is 1. The van der Waals surface area contributed by atoms with Crippen molar-refractivity contribution >= 4 is 17.6 Å². The number of hydrogen-bond acceptors (Lipinski definition) is 3. The summed E-state index contributed by atoms with van der Waals surface area (Å²) < 4.78 is 45.5. The summed E-state index contributed by atoms with van der Waals surface area (Å²) in [6.07, 6.45) is -2.52. The number of benzene rings is 2. The van der Waals surface area contributed by atoms with E-state index in [0.717, 1.165) is 11.6 Å². The van der Waals surface area contributed by atoms with Crippen LogP contribution in [-0.4, -0.2) is 42.6 Å². The van der Waals surface area contributed by atoms with Gasteiger partial charge in [0.15, 0.2) is 0 Å². The number of halogens is 3. The minimum absolute atomic E-state index is 0.0500. The molecule has 9 heteroatoms. The van der Waals surface area contributed by atoms with E-state index in [1.807, 2.05) is 30.3 Å². The Labute approximate surface area is 191 Å². The lowest BCUT2D eigenvalue weighted by molar-refractivity contribution is -0.137. The van der Waals surface area contributed by atoms with Crippen LogP contribution in [0.1, 0.15) is 37.3 Å². The first-order valence-corrected chi connectivity index (χ1v) is 11.0. The number of carbonyl (C=O) groups excluding carboxylic acids is 2. The zero-order chi connectivity index (χ0) is 23.8. The maximum atomic E-state index is 13.4. The number of hydrogen-bond donors (Lipinski definition) is 2. The summed E-state index contributed by atoms with van der Waals surface area (Å²) in [6, 6.07) is 12.5. The summed E-state index contributed by atoms with van der Waals surface area (Å²) in [4.78, 5) is 26.3. The normalized spacial score (nSPS) is 14.6. The first-order chi connectivity index (χ1) is 15.8. The molecule has 1 heterocycles. The van der Waals surface area contributed by atoms with Crippen molar-refractivity contribution < 1.29 is 27.5 Å². The quantitative estimate of drug-likeness (QED) is 0.617. The molecule has 2 aromatic carbocycles. The molecule has 0 spiro atoms. The Morgan fingerprint density at radius 2 is 1.79 bits per heavy atom. The number of nitrogens with zero attached hydrogens (tertiary/aromatic N) is 1. The molecule has 1 saturated heterocycles.